The molecule has 0 aromatic heterocycles. The largest absolute Gasteiger partial charge is 4.00 e. The summed E-state index contributed by atoms with van der Waals surface area (Å²) in [5, 5.41) is 0. The van der Waals surface area contributed by atoms with Crippen LogP contribution in [0.3, 0.4) is 0 Å². The molecule has 0 fully saturated rings. The van der Waals surface area contributed by atoms with E-state index in [9.17, 15) is 25.9 Å². The average molecular weight is 624 g/mol. The molecule has 4 aliphatic rings. The van der Waals surface area contributed by atoms with Crippen molar-refractivity contribution in [2.75, 3.05) is 0 Å². The van der Waals surface area contributed by atoms with Crippen LogP contribution in [0.5, 0.6) is 0 Å². The predicted octanol–water partition coefficient (Wildman–Crippen LogP) is 5.62. The minimum Gasteiger partial charge on any atom is -1.00 e. The van der Waals surface area contributed by atoms with Gasteiger partial charge in [0.1, 0.15) is 20.2 Å². The monoisotopic (exact) mass is 622 g/mol. The first-order valence-electron chi connectivity index (χ1n) is 12.0. The van der Waals surface area contributed by atoms with Crippen molar-refractivity contribution in [3.05, 3.63) is 95.2 Å². The Morgan fingerprint density at radius 1 is 0.595 bits per heavy atom. The Bertz CT molecular complexity index is 1180. The molecule has 0 saturated carbocycles. The molecule has 0 aromatic rings. The van der Waals surface area contributed by atoms with Gasteiger partial charge in [0, 0.05) is 11.8 Å². The first kappa shape index (κ1) is 31.8. The Morgan fingerprint density at radius 3 is 0.946 bits per heavy atom. The standard InChI is InChI=1S/2C14H18O3S.Zr.2H/c2*1-14(2,18(15,16)17)13(11-7-3-4-8-11)12-9-5-6-10-12;;;/h2*3-7,9,13H,8,10H2,1-2H3,(H,15,16,17);;;/q;;+4;2*-1/p-2. The molecule has 4 rings (SSSR count). The maximum atomic E-state index is 11.6. The minimum atomic E-state index is -4.36. The van der Waals surface area contributed by atoms with Crippen molar-refractivity contribution in [2.45, 2.75) is 62.9 Å². The predicted molar refractivity (Wildman–Crippen MR) is 144 cm³/mol. The summed E-state index contributed by atoms with van der Waals surface area (Å²) in [5.41, 5.74) is 4.03. The van der Waals surface area contributed by atoms with Crippen LogP contribution in [-0.4, -0.2) is 35.4 Å². The minimum absolute atomic E-state index is 0. The fourth-order valence-corrected chi connectivity index (χ4v) is 6.45. The van der Waals surface area contributed by atoms with Gasteiger partial charge in [-0.2, -0.15) is 0 Å². The molecule has 6 nitrogen and oxygen atoms in total. The molecule has 0 unspecified atom stereocenters. The molecule has 0 aromatic carbocycles. The molecular formula is C28H36O6S2Zr. The molecule has 0 saturated heterocycles. The topological polar surface area (TPSA) is 114 Å². The van der Waals surface area contributed by atoms with Crippen molar-refractivity contribution in [2.24, 2.45) is 11.8 Å². The first-order valence-corrected chi connectivity index (χ1v) is 14.8. The second-order valence-electron chi connectivity index (χ2n) is 10.5. The fourth-order valence-electron chi connectivity index (χ4n) is 5.26. The zero-order valence-corrected chi connectivity index (χ0v) is 25.8. The van der Waals surface area contributed by atoms with Crippen LogP contribution >= 0.6 is 0 Å². The van der Waals surface area contributed by atoms with Crippen molar-refractivity contribution in [1.82, 2.24) is 0 Å². The molecule has 200 valence electrons. The van der Waals surface area contributed by atoms with E-state index in [4.69, 9.17) is 0 Å². The normalized spacial score (nSPS) is 19.0. The van der Waals surface area contributed by atoms with E-state index in [0.717, 1.165) is 48.0 Å². The van der Waals surface area contributed by atoms with Gasteiger partial charge in [-0.15, -0.1) is 0 Å². The second kappa shape index (κ2) is 12.2. The van der Waals surface area contributed by atoms with E-state index in [1.807, 2.05) is 72.9 Å². The summed E-state index contributed by atoms with van der Waals surface area (Å²) >= 11 is 0. The molecule has 0 bridgehead atoms. The van der Waals surface area contributed by atoms with Crippen molar-refractivity contribution in [3.8, 4) is 0 Å². The summed E-state index contributed by atoms with van der Waals surface area (Å²) in [6, 6.07) is 0. The molecule has 9 heteroatoms. The third-order valence-electron chi connectivity index (χ3n) is 7.36. The van der Waals surface area contributed by atoms with Crippen LogP contribution in [0.1, 0.15) is 56.2 Å². The van der Waals surface area contributed by atoms with Gasteiger partial charge in [-0.25, -0.2) is 16.8 Å². The zero-order chi connectivity index (χ0) is 26.8. The van der Waals surface area contributed by atoms with E-state index in [2.05, 4.69) is 0 Å². The molecule has 0 radical (unpaired) electrons. The number of hydrogen-bond donors (Lipinski definition) is 0. The molecule has 0 N–H and O–H groups in total. The SMILES string of the molecule is CC(C)(C(C1=CC=CC1)C1=CC=CC1)S(=O)(=O)[O-].CC(C)(C(C1=CC=CC1)C1=CC=CC1)S(=O)(=O)[O-].[H-].[H-].[Zr+4]. The van der Waals surface area contributed by atoms with Crippen LogP contribution in [-0.2, 0) is 46.4 Å². The van der Waals surface area contributed by atoms with Crippen LogP contribution in [0.2, 0.25) is 0 Å². The van der Waals surface area contributed by atoms with Gasteiger partial charge in [0.25, 0.3) is 0 Å². The van der Waals surface area contributed by atoms with Crippen LogP contribution in [0.15, 0.2) is 95.2 Å². The Kier molecular flexibility index (Phi) is 10.5. The molecule has 4 aliphatic carbocycles. The Balaban J connectivity index is 0.000000688. The van der Waals surface area contributed by atoms with Gasteiger partial charge in [-0.1, -0.05) is 95.2 Å². The molecular weight excluding hydrogens is 588 g/mol. The summed E-state index contributed by atoms with van der Waals surface area (Å²) < 4.78 is 66.7. The molecule has 0 spiro atoms. The van der Waals surface area contributed by atoms with Crippen molar-refractivity contribution in [3.63, 3.8) is 0 Å². The third kappa shape index (κ3) is 6.99. The Morgan fingerprint density at radius 2 is 0.811 bits per heavy atom. The summed E-state index contributed by atoms with van der Waals surface area (Å²) in [4.78, 5) is 0. The molecule has 0 heterocycles. The van der Waals surface area contributed by atoms with E-state index < -0.39 is 29.7 Å². The summed E-state index contributed by atoms with van der Waals surface area (Å²) in [5.74, 6) is -0.657. The van der Waals surface area contributed by atoms with Crippen molar-refractivity contribution in [1.29, 1.82) is 0 Å². The van der Waals surface area contributed by atoms with Gasteiger partial charge in [0.15, 0.2) is 0 Å². The van der Waals surface area contributed by atoms with Crippen LogP contribution in [0, 0.1) is 11.8 Å². The van der Waals surface area contributed by atoms with Gasteiger partial charge < -0.3 is 12.0 Å². The molecule has 37 heavy (non-hydrogen) atoms. The zero-order valence-electron chi connectivity index (χ0n) is 23.7. The van der Waals surface area contributed by atoms with E-state index in [1.165, 1.54) is 27.7 Å². The second-order valence-corrected chi connectivity index (χ2v) is 14.4. The van der Waals surface area contributed by atoms with Gasteiger partial charge in [0.2, 0.25) is 0 Å². The smallest absolute Gasteiger partial charge is 1.00 e. The summed E-state index contributed by atoms with van der Waals surface area (Å²) in [6.45, 7) is 6.10. The van der Waals surface area contributed by atoms with Gasteiger partial charge in [-0.3, -0.25) is 0 Å². The van der Waals surface area contributed by atoms with Crippen molar-refractivity contribution >= 4 is 20.2 Å². The molecule has 0 aliphatic heterocycles. The van der Waals surface area contributed by atoms with Crippen LogP contribution in [0.4, 0.5) is 0 Å². The van der Waals surface area contributed by atoms with Crippen LogP contribution < -0.4 is 0 Å². The molecule has 0 amide bonds. The molecule has 0 atom stereocenters. The van der Waals surface area contributed by atoms with E-state index in [1.54, 1.807) is 0 Å². The maximum absolute atomic E-state index is 11.6. The Labute approximate surface area is 244 Å². The summed E-state index contributed by atoms with van der Waals surface area (Å²) in [6.07, 6.45) is 26.2. The van der Waals surface area contributed by atoms with Gasteiger partial charge in [0.05, 0.1) is 9.49 Å². The number of hydrogen-bond acceptors (Lipinski definition) is 6. The Hall–Kier alpha value is -1.38. The third-order valence-corrected chi connectivity index (χ3v) is 10.4. The maximum Gasteiger partial charge on any atom is 4.00 e. The van der Waals surface area contributed by atoms with Gasteiger partial charge >= 0.3 is 26.2 Å². The average Bonchev–Trinajstić information content (AvgIpc) is 3.56. The summed E-state index contributed by atoms with van der Waals surface area (Å²) in [7, 11) is -8.73. The first-order chi connectivity index (χ1) is 16.7. The van der Waals surface area contributed by atoms with Crippen LogP contribution in [0.25, 0.3) is 0 Å². The van der Waals surface area contributed by atoms with Crippen molar-refractivity contribution < 1.29 is 55.0 Å². The number of rotatable bonds is 8. The van der Waals surface area contributed by atoms with E-state index in [0.29, 0.717) is 0 Å². The van der Waals surface area contributed by atoms with E-state index >= 15 is 0 Å². The van der Waals surface area contributed by atoms with E-state index in [-0.39, 0.29) is 40.9 Å². The number of allylic oxidation sites excluding steroid dienone is 16. The fraction of sp³-hybridized carbons (Fsp3) is 0.429. The van der Waals surface area contributed by atoms with Gasteiger partial charge in [-0.05, 0) is 53.4 Å². The quantitative estimate of drug-likeness (QED) is 0.324.